The van der Waals surface area contributed by atoms with Crippen LogP contribution in [-0.4, -0.2) is 15.7 Å². The van der Waals surface area contributed by atoms with Crippen LogP contribution < -0.4 is 0 Å². The molecule has 17 heavy (non-hydrogen) atoms. The highest BCUT2D eigenvalue weighted by Crippen LogP contribution is 2.23. The number of benzene rings is 1. The molecule has 2 aromatic rings. The summed E-state index contributed by atoms with van der Waals surface area (Å²) in [5, 5.41) is 0. The van der Waals surface area contributed by atoms with Crippen molar-refractivity contribution in [1.29, 1.82) is 0 Å². The van der Waals surface area contributed by atoms with Crippen molar-refractivity contribution in [3.63, 3.8) is 0 Å². The van der Waals surface area contributed by atoms with E-state index in [1.165, 1.54) is 12.1 Å². The normalized spacial score (nSPS) is 19.1. The Balaban J connectivity index is 1.97. The molecule has 1 aliphatic rings. The second-order valence-corrected chi connectivity index (χ2v) is 4.34. The first-order valence-electron chi connectivity index (χ1n) is 5.68. The van der Waals surface area contributed by atoms with Gasteiger partial charge in [-0.05, 0) is 30.7 Å². The molecule has 1 aromatic carbocycles. The number of fused-ring (bicyclic) bond motifs is 1. The molecule has 1 unspecified atom stereocenters. The van der Waals surface area contributed by atoms with Crippen LogP contribution in [0.3, 0.4) is 0 Å². The standard InChI is InChI=1S/C13H12F2N2/c14-10-3-1-9(2-4-10)12-8-17-7-11(15)5-6-13(17)16-12/h1-4,8,11H,5-7H2. The molecule has 1 aromatic heterocycles. The van der Waals surface area contributed by atoms with E-state index in [0.29, 0.717) is 19.4 Å². The van der Waals surface area contributed by atoms with Gasteiger partial charge >= 0.3 is 0 Å². The Morgan fingerprint density at radius 2 is 2.00 bits per heavy atom. The van der Waals surface area contributed by atoms with E-state index in [9.17, 15) is 8.78 Å². The van der Waals surface area contributed by atoms with Crippen LogP contribution in [0.4, 0.5) is 8.78 Å². The zero-order valence-electron chi connectivity index (χ0n) is 9.24. The van der Waals surface area contributed by atoms with Gasteiger partial charge in [-0.3, -0.25) is 0 Å². The van der Waals surface area contributed by atoms with Gasteiger partial charge in [0.05, 0.1) is 12.2 Å². The fourth-order valence-corrected chi connectivity index (χ4v) is 2.16. The Kier molecular flexibility index (Phi) is 2.42. The zero-order valence-corrected chi connectivity index (χ0v) is 9.24. The molecule has 0 amide bonds. The summed E-state index contributed by atoms with van der Waals surface area (Å²) in [5.74, 6) is 0.653. The van der Waals surface area contributed by atoms with Crippen LogP contribution in [0, 0.1) is 5.82 Å². The molecule has 1 aliphatic heterocycles. The van der Waals surface area contributed by atoms with Gasteiger partial charge in [0.2, 0.25) is 0 Å². The van der Waals surface area contributed by atoms with Crippen molar-refractivity contribution in [3.8, 4) is 11.3 Å². The molecule has 88 valence electrons. The second kappa shape index (κ2) is 3.95. The van der Waals surface area contributed by atoms with E-state index in [1.807, 2.05) is 10.8 Å². The molecule has 0 saturated carbocycles. The molecule has 1 atom stereocenters. The van der Waals surface area contributed by atoms with E-state index in [-0.39, 0.29) is 5.82 Å². The fraction of sp³-hybridized carbons (Fsp3) is 0.308. The van der Waals surface area contributed by atoms with Crippen LogP contribution in [0.15, 0.2) is 30.5 Å². The maximum absolute atomic E-state index is 13.2. The van der Waals surface area contributed by atoms with Gasteiger partial charge in [0.15, 0.2) is 0 Å². The number of rotatable bonds is 1. The SMILES string of the molecule is Fc1ccc(-c2cn3c(n2)CCC(F)C3)cc1. The third-order valence-corrected chi connectivity index (χ3v) is 3.08. The van der Waals surface area contributed by atoms with Gasteiger partial charge in [-0.25, -0.2) is 13.8 Å². The van der Waals surface area contributed by atoms with Gasteiger partial charge < -0.3 is 4.57 Å². The first kappa shape index (κ1) is 10.4. The Morgan fingerprint density at radius 1 is 1.24 bits per heavy atom. The number of hydrogen-bond donors (Lipinski definition) is 0. The number of halogens is 2. The van der Waals surface area contributed by atoms with Gasteiger partial charge in [-0.15, -0.1) is 0 Å². The van der Waals surface area contributed by atoms with Crippen LogP contribution in [-0.2, 0) is 13.0 Å². The van der Waals surface area contributed by atoms with Gasteiger partial charge in [-0.1, -0.05) is 0 Å². The average molecular weight is 234 g/mol. The monoisotopic (exact) mass is 234 g/mol. The van der Waals surface area contributed by atoms with Gasteiger partial charge in [-0.2, -0.15) is 0 Å². The second-order valence-electron chi connectivity index (χ2n) is 4.34. The summed E-state index contributed by atoms with van der Waals surface area (Å²) in [6, 6.07) is 6.20. The number of nitrogens with zero attached hydrogens (tertiary/aromatic N) is 2. The molecule has 0 aliphatic carbocycles. The summed E-state index contributed by atoms with van der Waals surface area (Å²) in [6.07, 6.45) is 2.27. The zero-order chi connectivity index (χ0) is 11.8. The number of hydrogen-bond acceptors (Lipinski definition) is 1. The van der Waals surface area contributed by atoms with E-state index in [4.69, 9.17) is 0 Å². The lowest BCUT2D eigenvalue weighted by atomic mass is 10.1. The molecule has 2 nitrogen and oxygen atoms in total. The highest BCUT2D eigenvalue weighted by molar-refractivity contribution is 5.58. The molecule has 0 N–H and O–H groups in total. The predicted octanol–water partition coefficient (Wildman–Crippen LogP) is 2.97. The summed E-state index contributed by atoms with van der Waals surface area (Å²) in [7, 11) is 0. The van der Waals surface area contributed by atoms with Gasteiger partial charge in [0.1, 0.15) is 17.8 Å². The van der Waals surface area contributed by atoms with E-state index >= 15 is 0 Å². The molecular formula is C13H12F2N2. The van der Waals surface area contributed by atoms with E-state index in [1.54, 1.807) is 12.1 Å². The number of aromatic nitrogens is 2. The predicted molar refractivity (Wildman–Crippen MR) is 60.8 cm³/mol. The average Bonchev–Trinajstić information content (AvgIpc) is 2.72. The highest BCUT2D eigenvalue weighted by Gasteiger charge is 2.19. The summed E-state index contributed by atoms with van der Waals surface area (Å²) in [4.78, 5) is 4.46. The summed E-state index contributed by atoms with van der Waals surface area (Å²) in [5.41, 5.74) is 1.65. The quantitative estimate of drug-likeness (QED) is 0.741. The van der Waals surface area contributed by atoms with Crippen molar-refractivity contribution in [2.24, 2.45) is 0 Å². The van der Waals surface area contributed by atoms with Crippen molar-refractivity contribution in [3.05, 3.63) is 42.1 Å². The van der Waals surface area contributed by atoms with Gasteiger partial charge in [0.25, 0.3) is 0 Å². The lowest BCUT2D eigenvalue weighted by molar-refractivity contribution is 0.253. The minimum absolute atomic E-state index is 0.262. The molecule has 2 heterocycles. The summed E-state index contributed by atoms with van der Waals surface area (Å²) in [6.45, 7) is 0.379. The Morgan fingerprint density at radius 3 is 2.76 bits per heavy atom. The van der Waals surface area contributed by atoms with Crippen LogP contribution in [0.5, 0.6) is 0 Å². The molecule has 3 rings (SSSR count). The van der Waals surface area contributed by atoms with Crippen LogP contribution in [0.25, 0.3) is 11.3 Å². The highest BCUT2D eigenvalue weighted by atomic mass is 19.1. The largest absolute Gasteiger partial charge is 0.331 e. The number of imidazole rings is 1. The maximum Gasteiger partial charge on any atom is 0.123 e. The maximum atomic E-state index is 13.2. The van der Waals surface area contributed by atoms with Crippen molar-refractivity contribution in [2.75, 3.05) is 0 Å². The van der Waals surface area contributed by atoms with Crippen molar-refractivity contribution in [2.45, 2.75) is 25.6 Å². The third kappa shape index (κ3) is 1.95. The minimum Gasteiger partial charge on any atom is -0.331 e. The molecule has 4 heteroatoms. The van der Waals surface area contributed by atoms with Crippen LogP contribution in [0.1, 0.15) is 12.2 Å². The Labute approximate surface area is 97.9 Å². The van der Waals surface area contributed by atoms with E-state index in [0.717, 1.165) is 17.1 Å². The van der Waals surface area contributed by atoms with Crippen molar-refractivity contribution < 1.29 is 8.78 Å². The van der Waals surface area contributed by atoms with Crippen molar-refractivity contribution in [1.82, 2.24) is 9.55 Å². The molecule has 0 radical (unpaired) electrons. The molecule has 0 bridgehead atoms. The smallest absolute Gasteiger partial charge is 0.123 e. The molecule has 0 fully saturated rings. The number of alkyl halides is 1. The lowest BCUT2D eigenvalue weighted by Gasteiger charge is -2.16. The Bertz CT molecular complexity index is 531. The first-order valence-corrected chi connectivity index (χ1v) is 5.68. The topological polar surface area (TPSA) is 17.8 Å². The van der Waals surface area contributed by atoms with Crippen LogP contribution >= 0.6 is 0 Å². The van der Waals surface area contributed by atoms with E-state index < -0.39 is 6.17 Å². The fourth-order valence-electron chi connectivity index (χ4n) is 2.16. The molecule has 0 saturated heterocycles. The van der Waals surface area contributed by atoms with Crippen molar-refractivity contribution >= 4 is 0 Å². The summed E-state index contributed by atoms with van der Waals surface area (Å²) >= 11 is 0. The first-order chi connectivity index (χ1) is 8.22. The lowest BCUT2D eigenvalue weighted by Crippen LogP contribution is -2.20. The molecule has 0 spiro atoms. The van der Waals surface area contributed by atoms with Crippen LogP contribution in [0.2, 0.25) is 0 Å². The number of aryl methyl sites for hydroxylation is 1. The summed E-state index contributed by atoms with van der Waals surface area (Å²) < 4.78 is 27.9. The minimum atomic E-state index is -0.780. The van der Waals surface area contributed by atoms with E-state index in [2.05, 4.69) is 4.98 Å². The Hall–Kier alpha value is -1.71. The molecular weight excluding hydrogens is 222 g/mol. The van der Waals surface area contributed by atoms with Gasteiger partial charge in [0, 0.05) is 18.2 Å². The third-order valence-electron chi connectivity index (χ3n) is 3.08.